The zero-order valence-electron chi connectivity index (χ0n) is 16.9. The fourth-order valence-electron chi connectivity index (χ4n) is 2.72. The Bertz CT molecular complexity index is 873. The van der Waals surface area contributed by atoms with Crippen molar-refractivity contribution >= 4 is 21.6 Å². The van der Waals surface area contributed by atoms with Crippen LogP contribution < -0.4 is 0 Å². The summed E-state index contributed by atoms with van der Waals surface area (Å²) in [6, 6.07) is 15.4. The van der Waals surface area contributed by atoms with Gasteiger partial charge in [-0.05, 0) is 65.8 Å². The minimum absolute atomic E-state index is 0.201. The second kappa shape index (κ2) is 8.98. The van der Waals surface area contributed by atoms with Crippen LogP contribution in [0.5, 0.6) is 0 Å². The maximum Gasteiger partial charge on any atom is 0.214 e. The monoisotopic (exact) mass is 403 g/mol. The van der Waals surface area contributed by atoms with Crippen LogP contribution >= 0.6 is 11.8 Å². The van der Waals surface area contributed by atoms with Gasteiger partial charge in [-0.1, -0.05) is 47.2 Å². The number of hydrogen-bond acceptors (Lipinski definition) is 4. The molecule has 0 aromatic heterocycles. The predicted octanol–water partition coefficient (Wildman–Crippen LogP) is 5.79. The number of benzene rings is 2. The highest BCUT2D eigenvalue weighted by Crippen LogP contribution is 2.35. The molecule has 0 aliphatic rings. The molecule has 0 spiro atoms. The second-order valence-corrected chi connectivity index (χ2v) is 10.6. The molecule has 2 aromatic carbocycles. The Balaban J connectivity index is 2.53. The molecular formula is C22H29NO2S2. The van der Waals surface area contributed by atoms with E-state index in [-0.39, 0.29) is 12.1 Å². The third kappa shape index (κ3) is 5.63. The quantitative estimate of drug-likeness (QED) is 0.549. The van der Waals surface area contributed by atoms with Gasteiger partial charge in [0.25, 0.3) is 0 Å². The molecule has 27 heavy (non-hydrogen) atoms. The highest BCUT2D eigenvalue weighted by molar-refractivity contribution is 8.18. The molecule has 0 unspecified atom stereocenters. The standard InChI is InChI=1S/C22H29NO2S2/c1-16(2)23(17(3)4)15-22(26-20-11-7-18(5)8-12-20)27(24,25)21-13-9-19(6)10-14-21/h7-17H,1-6H3/b22-15+. The van der Waals surface area contributed by atoms with Crippen molar-refractivity contribution in [3.8, 4) is 0 Å². The second-order valence-electron chi connectivity index (χ2n) is 7.31. The van der Waals surface area contributed by atoms with Crippen LogP contribution in [0.25, 0.3) is 0 Å². The van der Waals surface area contributed by atoms with Gasteiger partial charge < -0.3 is 4.90 Å². The van der Waals surface area contributed by atoms with Crippen LogP contribution in [0.15, 0.2) is 68.8 Å². The number of aryl methyl sites for hydroxylation is 2. The average Bonchev–Trinajstić information content (AvgIpc) is 2.59. The maximum absolute atomic E-state index is 13.4. The maximum atomic E-state index is 13.4. The number of nitrogens with zero attached hydrogens (tertiary/aromatic N) is 1. The predicted molar refractivity (Wildman–Crippen MR) is 116 cm³/mol. The van der Waals surface area contributed by atoms with E-state index in [1.807, 2.05) is 50.2 Å². The lowest BCUT2D eigenvalue weighted by Gasteiger charge is -2.30. The SMILES string of the molecule is Cc1ccc(S/C(=C\N(C(C)C)C(C)C)S(=O)(=O)c2ccc(C)cc2)cc1. The topological polar surface area (TPSA) is 37.4 Å². The van der Waals surface area contributed by atoms with Gasteiger partial charge in [-0.25, -0.2) is 8.42 Å². The Kier molecular flexibility index (Phi) is 7.18. The molecule has 0 saturated carbocycles. The molecule has 146 valence electrons. The van der Waals surface area contributed by atoms with Gasteiger partial charge >= 0.3 is 0 Å². The van der Waals surface area contributed by atoms with Crippen LogP contribution in [0.4, 0.5) is 0 Å². The van der Waals surface area contributed by atoms with Crippen LogP contribution in [0.1, 0.15) is 38.8 Å². The van der Waals surface area contributed by atoms with E-state index in [2.05, 4.69) is 32.6 Å². The van der Waals surface area contributed by atoms with Crippen LogP contribution in [0.3, 0.4) is 0 Å². The first-order valence-electron chi connectivity index (χ1n) is 9.17. The Morgan fingerprint density at radius 1 is 0.852 bits per heavy atom. The van der Waals surface area contributed by atoms with Gasteiger partial charge in [-0.3, -0.25) is 0 Å². The van der Waals surface area contributed by atoms with Crippen molar-refractivity contribution in [1.29, 1.82) is 0 Å². The van der Waals surface area contributed by atoms with Gasteiger partial charge in [-0.2, -0.15) is 0 Å². The molecule has 2 rings (SSSR count). The highest BCUT2D eigenvalue weighted by atomic mass is 32.3. The number of rotatable bonds is 7. The molecule has 0 N–H and O–H groups in total. The molecule has 0 aliphatic carbocycles. The molecule has 0 saturated heterocycles. The molecule has 0 fully saturated rings. The molecule has 5 heteroatoms. The van der Waals surface area contributed by atoms with Gasteiger partial charge in [0.2, 0.25) is 9.84 Å². The Morgan fingerprint density at radius 3 is 1.74 bits per heavy atom. The number of sulfone groups is 1. The Labute approximate surface area is 168 Å². The molecule has 0 radical (unpaired) electrons. The summed E-state index contributed by atoms with van der Waals surface area (Å²) in [6.07, 6.45) is 1.80. The highest BCUT2D eigenvalue weighted by Gasteiger charge is 2.24. The molecule has 3 nitrogen and oxygen atoms in total. The van der Waals surface area contributed by atoms with Gasteiger partial charge in [0.05, 0.1) is 4.90 Å². The van der Waals surface area contributed by atoms with Crippen molar-refractivity contribution in [2.24, 2.45) is 0 Å². The van der Waals surface area contributed by atoms with Crippen molar-refractivity contribution in [2.75, 3.05) is 0 Å². The summed E-state index contributed by atoms with van der Waals surface area (Å²) in [5.41, 5.74) is 2.19. The van der Waals surface area contributed by atoms with Crippen molar-refractivity contribution in [3.05, 3.63) is 70.1 Å². The molecule has 0 bridgehead atoms. The molecule has 0 amide bonds. The summed E-state index contributed by atoms with van der Waals surface area (Å²) in [6.45, 7) is 12.3. The van der Waals surface area contributed by atoms with E-state index in [1.54, 1.807) is 18.3 Å². The first-order chi connectivity index (χ1) is 12.6. The van der Waals surface area contributed by atoms with Crippen LogP contribution in [-0.4, -0.2) is 25.4 Å². The lowest BCUT2D eigenvalue weighted by molar-refractivity contribution is 0.256. The van der Waals surface area contributed by atoms with Crippen molar-refractivity contribution < 1.29 is 8.42 Å². The minimum atomic E-state index is -3.61. The van der Waals surface area contributed by atoms with Crippen LogP contribution in [-0.2, 0) is 9.84 Å². The van der Waals surface area contributed by atoms with E-state index in [0.29, 0.717) is 9.13 Å². The summed E-state index contributed by atoms with van der Waals surface area (Å²) in [5, 5.41) is 0. The van der Waals surface area contributed by atoms with E-state index in [9.17, 15) is 8.42 Å². The zero-order valence-corrected chi connectivity index (χ0v) is 18.6. The van der Waals surface area contributed by atoms with Crippen molar-refractivity contribution in [1.82, 2.24) is 4.90 Å². The largest absolute Gasteiger partial charge is 0.371 e. The van der Waals surface area contributed by atoms with E-state index in [1.165, 1.54) is 11.8 Å². The Hall–Kier alpha value is -1.72. The van der Waals surface area contributed by atoms with Gasteiger partial charge in [0.1, 0.15) is 4.24 Å². The minimum Gasteiger partial charge on any atom is -0.371 e. The molecule has 0 aliphatic heterocycles. The third-order valence-corrected chi connectivity index (χ3v) is 7.53. The molecule has 0 heterocycles. The van der Waals surface area contributed by atoms with Crippen LogP contribution in [0, 0.1) is 13.8 Å². The van der Waals surface area contributed by atoms with E-state index >= 15 is 0 Å². The Morgan fingerprint density at radius 2 is 1.30 bits per heavy atom. The third-order valence-electron chi connectivity index (χ3n) is 4.28. The number of thioether (sulfide) groups is 1. The first-order valence-corrected chi connectivity index (χ1v) is 11.5. The van der Waals surface area contributed by atoms with Crippen molar-refractivity contribution in [2.45, 2.75) is 63.4 Å². The summed E-state index contributed by atoms with van der Waals surface area (Å²) in [7, 11) is -3.61. The summed E-state index contributed by atoms with van der Waals surface area (Å²) in [4.78, 5) is 3.32. The first kappa shape index (κ1) is 21.6. The fraction of sp³-hybridized carbons (Fsp3) is 0.364. The zero-order chi connectivity index (χ0) is 20.2. The normalized spacial score (nSPS) is 12.7. The molecule has 2 aromatic rings. The summed E-state index contributed by atoms with van der Waals surface area (Å²) >= 11 is 1.30. The smallest absolute Gasteiger partial charge is 0.214 e. The van der Waals surface area contributed by atoms with E-state index in [0.717, 1.165) is 16.0 Å². The lowest BCUT2D eigenvalue weighted by atomic mass is 10.2. The molecular weight excluding hydrogens is 374 g/mol. The molecule has 0 atom stereocenters. The fourth-order valence-corrected chi connectivity index (χ4v) is 5.41. The van der Waals surface area contributed by atoms with Gasteiger partial charge in [0.15, 0.2) is 0 Å². The van der Waals surface area contributed by atoms with Crippen LogP contribution in [0.2, 0.25) is 0 Å². The summed E-state index contributed by atoms with van der Waals surface area (Å²) < 4.78 is 27.1. The van der Waals surface area contributed by atoms with Gasteiger partial charge in [0, 0.05) is 23.2 Å². The summed E-state index contributed by atoms with van der Waals surface area (Å²) in [5.74, 6) is 0. The average molecular weight is 404 g/mol. The number of hydrogen-bond donors (Lipinski definition) is 0. The van der Waals surface area contributed by atoms with Gasteiger partial charge in [-0.15, -0.1) is 0 Å². The van der Waals surface area contributed by atoms with E-state index < -0.39 is 9.84 Å². The lowest BCUT2D eigenvalue weighted by Crippen LogP contribution is -2.32. The van der Waals surface area contributed by atoms with Crippen molar-refractivity contribution in [3.63, 3.8) is 0 Å². The van der Waals surface area contributed by atoms with E-state index in [4.69, 9.17) is 0 Å².